The first-order valence-electron chi connectivity index (χ1n) is 7.57. The molecule has 1 heterocycles. The maximum Gasteiger partial charge on any atom is 0.337 e. The second-order valence-corrected chi connectivity index (χ2v) is 6.71. The molecule has 138 valence electrons. The third-order valence-electron chi connectivity index (χ3n) is 3.22. The van der Waals surface area contributed by atoms with Gasteiger partial charge in [-0.3, -0.25) is 9.59 Å². The van der Waals surface area contributed by atoms with Crippen LogP contribution in [0.5, 0.6) is 5.75 Å². The molecule has 0 spiro atoms. The summed E-state index contributed by atoms with van der Waals surface area (Å²) in [5, 5.41) is 21.7. The highest BCUT2D eigenvalue weighted by atomic mass is 32.2. The fourth-order valence-electron chi connectivity index (χ4n) is 2.04. The number of carboxylic acids is 1. The number of hydrogen-bond acceptors (Lipinski definition) is 7. The van der Waals surface area contributed by atoms with Crippen LogP contribution in [-0.4, -0.2) is 46.1 Å². The van der Waals surface area contributed by atoms with Crippen LogP contribution >= 0.6 is 11.8 Å². The minimum Gasteiger partial charge on any atom is -0.497 e. The average molecular weight is 378 g/mol. The van der Waals surface area contributed by atoms with Crippen molar-refractivity contribution in [2.45, 2.75) is 25.5 Å². The van der Waals surface area contributed by atoms with E-state index in [0.717, 1.165) is 17.5 Å². The number of carbonyl (C=O) groups excluding carboxylic acids is 2. The Hall–Kier alpha value is -2.88. The van der Waals surface area contributed by atoms with Gasteiger partial charge in [0.1, 0.15) is 11.0 Å². The Labute approximate surface area is 153 Å². The highest BCUT2D eigenvalue weighted by molar-refractivity contribution is 8.15. The number of nitrogens with one attached hydrogen (secondary N) is 2. The molecule has 1 aliphatic rings. The third kappa shape index (κ3) is 5.06. The van der Waals surface area contributed by atoms with Crippen LogP contribution in [0.25, 0.3) is 0 Å². The molecule has 2 rings (SSSR count). The summed E-state index contributed by atoms with van der Waals surface area (Å²) in [5.41, 5.74) is 0.761. The third-order valence-corrected chi connectivity index (χ3v) is 4.29. The van der Waals surface area contributed by atoms with Gasteiger partial charge in [-0.05, 0) is 32.0 Å². The zero-order valence-corrected chi connectivity index (χ0v) is 15.2. The summed E-state index contributed by atoms with van der Waals surface area (Å²) in [6.07, 6.45) is -0.130. The number of thioether (sulfide) groups is 1. The Morgan fingerprint density at radius 1 is 1.38 bits per heavy atom. The molecule has 1 aromatic carbocycles. The summed E-state index contributed by atoms with van der Waals surface area (Å²) in [4.78, 5) is 35.5. The lowest BCUT2D eigenvalue weighted by atomic mass is 10.1. The second-order valence-electron chi connectivity index (χ2n) is 5.52. The number of rotatable bonds is 6. The second kappa shape index (κ2) is 8.48. The molecular weight excluding hydrogens is 360 g/mol. The normalized spacial score (nSPS) is 17.6. The number of nitrogens with zero attached hydrogens (tertiary/aromatic N) is 2. The molecule has 0 radical (unpaired) electrons. The van der Waals surface area contributed by atoms with Crippen molar-refractivity contribution in [1.29, 1.82) is 0 Å². The smallest absolute Gasteiger partial charge is 0.337 e. The highest BCUT2D eigenvalue weighted by Crippen LogP contribution is 2.25. The first-order chi connectivity index (χ1) is 12.3. The molecule has 1 aliphatic heterocycles. The van der Waals surface area contributed by atoms with Gasteiger partial charge in [0.25, 0.3) is 0 Å². The van der Waals surface area contributed by atoms with E-state index in [1.54, 1.807) is 13.8 Å². The fourth-order valence-corrected chi connectivity index (χ4v) is 2.96. The molecule has 0 saturated carbocycles. The standard InChI is InChI=1S/C16H18N4O5S/c1-8(2)19-20-16-18-14(22)12(26-16)7-13(21)17-11-5-4-9(25-3)6-10(11)15(23)24/h4-6,12H,7H2,1-3H3,(H,17,21)(H,23,24)(H,18,20,22). The predicted molar refractivity (Wildman–Crippen MR) is 98.9 cm³/mol. The van der Waals surface area contributed by atoms with Crippen molar-refractivity contribution in [3.8, 4) is 5.75 Å². The van der Waals surface area contributed by atoms with E-state index in [4.69, 9.17) is 4.74 Å². The summed E-state index contributed by atoms with van der Waals surface area (Å²) < 4.78 is 4.98. The van der Waals surface area contributed by atoms with Crippen molar-refractivity contribution in [1.82, 2.24) is 5.32 Å². The molecular formula is C16H18N4O5S. The van der Waals surface area contributed by atoms with E-state index in [1.807, 2.05) is 0 Å². The van der Waals surface area contributed by atoms with Gasteiger partial charge in [-0.15, -0.1) is 5.10 Å². The first-order valence-corrected chi connectivity index (χ1v) is 8.45. The Kier molecular flexibility index (Phi) is 6.34. The number of anilines is 1. The largest absolute Gasteiger partial charge is 0.497 e. The summed E-state index contributed by atoms with van der Waals surface area (Å²) in [7, 11) is 1.42. The number of hydrogen-bond donors (Lipinski definition) is 3. The van der Waals surface area contributed by atoms with Crippen LogP contribution in [0.3, 0.4) is 0 Å². The summed E-state index contributed by atoms with van der Waals surface area (Å²) in [6, 6.07) is 4.29. The number of amides is 2. The zero-order valence-electron chi connectivity index (χ0n) is 14.4. The van der Waals surface area contributed by atoms with Crippen LogP contribution in [0.4, 0.5) is 5.69 Å². The minimum absolute atomic E-state index is 0.101. The maximum atomic E-state index is 12.2. The molecule has 9 nitrogen and oxygen atoms in total. The molecule has 26 heavy (non-hydrogen) atoms. The topological polar surface area (TPSA) is 129 Å². The van der Waals surface area contributed by atoms with Gasteiger partial charge in [0.05, 0.1) is 18.4 Å². The van der Waals surface area contributed by atoms with Crippen molar-refractivity contribution in [2.75, 3.05) is 12.4 Å². The van der Waals surface area contributed by atoms with Gasteiger partial charge in [0, 0.05) is 12.1 Å². The number of aromatic carboxylic acids is 1. The molecule has 1 aromatic rings. The van der Waals surface area contributed by atoms with E-state index in [2.05, 4.69) is 20.8 Å². The van der Waals surface area contributed by atoms with E-state index in [9.17, 15) is 19.5 Å². The van der Waals surface area contributed by atoms with Crippen molar-refractivity contribution in [3.63, 3.8) is 0 Å². The average Bonchev–Trinajstić information content (AvgIpc) is 2.92. The Morgan fingerprint density at radius 2 is 2.12 bits per heavy atom. The van der Waals surface area contributed by atoms with E-state index in [1.165, 1.54) is 25.3 Å². The van der Waals surface area contributed by atoms with E-state index in [-0.39, 0.29) is 23.6 Å². The maximum absolute atomic E-state index is 12.2. The summed E-state index contributed by atoms with van der Waals surface area (Å²) in [5.74, 6) is -1.67. The SMILES string of the molecule is COc1ccc(NC(=O)CC2S/C(=N/N=C(C)C)NC2=O)c(C(=O)O)c1. The van der Waals surface area contributed by atoms with Gasteiger partial charge >= 0.3 is 5.97 Å². The molecule has 2 amide bonds. The number of carboxylic acid groups (broad SMARTS) is 1. The van der Waals surface area contributed by atoms with Crippen LogP contribution in [0.15, 0.2) is 28.4 Å². The van der Waals surface area contributed by atoms with Gasteiger partial charge in [-0.25, -0.2) is 4.79 Å². The van der Waals surface area contributed by atoms with Crippen molar-refractivity contribution >= 4 is 46.1 Å². The molecule has 10 heteroatoms. The quantitative estimate of drug-likeness (QED) is 0.510. The van der Waals surface area contributed by atoms with Crippen LogP contribution < -0.4 is 15.4 Å². The van der Waals surface area contributed by atoms with Crippen LogP contribution in [0, 0.1) is 0 Å². The lowest BCUT2D eigenvalue weighted by Crippen LogP contribution is -2.28. The monoisotopic (exact) mass is 378 g/mol. The summed E-state index contributed by atoms with van der Waals surface area (Å²) >= 11 is 1.10. The molecule has 1 fully saturated rings. The number of amidine groups is 1. The lowest BCUT2D eigenvalue weighted by Gasteiger charge is -2.11. The van der Waals surface area contributed by atoms with Crippen molar-refractivity contribution in [3.05, 3.63) is 23.8 Å². The molecule has 0 aliphatic carbocycles. The molecule has 1 saturated heterocycles. The molecule has 1 atom stereocenters. The van der Waals surface area contributed by atoms with Crippen molar-refractivity contribution in [2.24, 2.45) is 10.2 Å². The zero-order chi connectivity index (χ0) is 19.3. The first kappa shape index (κ1) is 19.4. The number of carbonyl (C=O) groups is 3. The van der Waals surface area contributed by atoms with E-state index >= 15 is 0 Å². The molecule has 3 N–H and O–H groups in total. The number of benzene rings is 1. The number of ether oxygens (including phenoxy) is 1. The van der Waals surface area contributed by atoms with Crippen LogP contribution in [-0.2, 0) is 9.59 Å². The fraction of sp³-hybridized carbons (Fsp3) is 0.312. The Bertz CT molecular complexity index is 802. The van der Waals surface area contributed by atoms with Gasteiger partial charge in [0.15, 0.2) is 5.17 Å². The highest BCUT2D eigenvalue weighted by Gasteiger charge is 2.32. The Morgan fingerprint density at radius 3 is 2.73 bits per heavy atom. The van der Waals surface area contributed by atoms with E-state index in [0.29, 0.717) is 10.9 Å². The lowest BCUT2D eigenvalue weighted by molar-refractivity contribution is -0.122. The van der Waals surface area contributed by atoms with Gasteiger partial charge in [-0.1, -0.05) is 11.8 Å². The molecule has 0 bridgehead atoms. The van der Waals surface area contributed by atoms with Gasteiger partial charge in [-0.2, -0.15) is 5.10 Å². The van der Waals surface area contributed by atoms with Gasteiger partial charge < -0.3 is 20.5 Å². The van der Waals surface area contributed by atoms with Crippen molar-refractivity contribution < 1.29 is 24.2 Å². The predicted octanol–water partition coefficient (Wildman–Crippen LogP) is 1.71. The molecule has 1 unspecified atom stereocenters. The van der Waals surface area contributed by atoms with Crippen LogP contribution in [0.1, 0.15) is 30.6 Å². The summed E-state index contributed by atoms with van der Waals surface area (Å²) in [6.45, 7) is 3.54. The minimum atomic E-state index is -1.20. The van der Waals surface area contributed by atoms with Crippen LogP contribution in [0.2, 0.25) is 0 Å². The Balaban J connectivity index is 2.05. The molecule has 0 aromatic heterocycles. The number of methoxy groups -OCH3 is 1. The van der Waals surface area contributed by atoms with Gasteiger partial charge in [0.2, 0.25) is 11.8 Å². The van der Waals surface area contributed by atoms with E-state index < -0.39 is 17.1 Å².